The summed E-state index contributed by atoms with van der Waals surface area (Å²) < 4.78 is 1.94. The molecule has 0 amide bonds. The van der Waals surface area contributed by atoms with Gasteiger partial charge in [0.2, 0.25) is 0 Å². The molecule has 0 radical (unpaired) electrons. The number of aromatic nitrogens is 3. The molecule has 0 aliphatic rings. The Morgan fingerprint density at radius 3 is 2.62 bits per heavy atom. The molecule has 2 rings (SSSR count). The Morgan fingerprint density at radius 2 is 2.04 bits per heavy atom. The highest BCUT2D eigenvalue weighted by Gasteiger charge is 2.09. The highest BCUT2D eigenvalue weighted by molar-refractivity contribution is 7.09. The number of hydrogen-bond donors (Lipinski definition) is 2. The molecule has 2 heterocycles. The molecule has 24 heavy (non-hydrogen) atoms. The maximum Gasteiger partial charge on any atom is 0.191 e. The van der Waals surface area contributed by atoms with Crippen LogP contribution >= 0.6 is 11.3 Å². The van der Waals surface area contributed by atoms with E-state index in [0.717, 1.165) is 54.8 Å². The molecule has 2 aromatic rings. The lowest BCUT2D eigenvalue weighted by atomic mass is 10.1. The molecule has 0 aliphatic carbocycles. The minimum atomic E-state index is 0.740. The first-order valence-corrected chi connectivity index (χ1v) is 9.31. The number of aliphatic imine (C=N–C) groups is 1. The van der Waals surface area contributed by atoms with E-state index in [0.29, 0.717) is 0 Å². The first-order chi connectivity index (χ1) is 11.5. The molecule has 2 N–H and O–H groups in total. The Balaban J connectivity index is 1.84. The lowest BCUT2D eigenvalue weighted by Gasteiger charge is -2.11. The van der Waals surface area contributed by atoms with Crippen molar-refractivity contribution in [2.24, 2.45) is 12.0 Å². The Hall–Kier alpha value is -1.89. The van der Waals surface area contributed by atoms with E-state index in [2.05, 4.69) is 51.9 Å². The summed E-state index contributed by atoms with van der Waals surface area (Å²) >= 11 is 1.69. The fraction of sp³-hybridized carbons (Fsp3) is 0.588. The van der Waals surface area contributed by atoms with Crippen molar-refractivity contribution in [2.75, 3.05) is 19.6 Å². The first-order valence-electron chi connectivity index (χ1n) is 8.43. The van der Waals surface area contributed by atoms with Gasteiger partial charge in [0, 0.05) is 44.2 Å². The normalized spacial score (nSPS) is 11.8. The van der Waals surface area contributed by atoms with Gasteiger partial charge >= 0.3 is 0 Å². The standard InChI is InChI=1S/C17H28N6S/c1-6-18-17(19-9-7-15-11-24-14(4)21-15)20-10-8-16-12(2)22-23(5)13(16)3/h11H,6-10H2,1-5H3,(H2,18,19,20). The molecule has 0 fully saturated rings. The van der Waals surface area contributed by atoms with Gasteiger partial charge in [-0.25, -0.2) is 4.98 Å². The number of hydrogen-bond acceptors (Lipinski definition) is 4. The van der Waals surface area contributed by atoms with Crippen LogP contribution in [0, 0.1) is 20.8 Å². The first kappa shape index (κ1) is 18.4. The molecular weight excluding hydrogens is 320 g/mol. The number of rotatable bonds is 7. The van der Waals surface area contributed by atoms with Gasteiger partial charge in [0.1, 0.15) is 0 Å². The third-order valence-electron chi connectivity index (χ3n) is 3.97. The maximum absolute atomic E-state index is 4.64. The predicted octanol–water partition coefficient (Wildman–Crippen LogP) is 2.14. The fourth-order valence-electron chi connectivity index (χ4n) is 2.63. The number of nitrogens with one attached hydrogen (secondary N) is 2. The second-order valence-electron chi connectivity index (χ2n) is 5.82. The Morgan fingerprint density at radius 1 is 1.25 bits per heavy atom. The van der Waals surface area contributed by atoms with Crippen molar-refractivity contribution < 1.29 is 0 Å². The maximum atomic E-state index is 4.64. The van der Waals surface area contributed by atoms with Crippen LogP contribution in [0.4, 0.5) is 0 Å². The van der Waals surface area contributed by atoms with Gasteiger partial charge in [0.15, 0.2) is 5.96 Å². The summed E-state index contributed by atoms with van der Waals surface area (Å²) in [5, 5.41) is 14.4. The van der Waals surface area contributed by atoms with Crippen LogP contribution < -0.4 is 10.6 Å². The van der Waals surface area contributed by atoms with Gasteiger partial charge in [-0.3, -0.25) is 9.67 Å². The van der Waals surface area contributed by atoms with E-state index in [1.165, 1.54) is 11.3 Å². The van der Waals surface area contributed by atoms with Crippen LogP contribution in [0.1, 0.15) is 34.6 Å². The van der Waals surface area contributed by atoms with Crippen LogP contribution in [-0.4, -0.2) is 40.4 Å². The van der Waals surface area contributed by atoms with Crippen LogP contribution in [0.5, 0.6) is 0 Å². The summed E-state index contributed by atoms with van der Waals surface area (Å²) in [5.74, 6) is 0.864. The number of guanidine groups is 1. The largest absolute Gasteiger partial charge is 0.357 e. The highest BCUT2D eigenvalue weighted by atomic mass is 32.1. The molecule has 0 saturated carbocycles. The molecule has 0 unspecified atom stereocenters. The molecular formula is C17H28N6S. The minimum absolute atomic E-state index is 0.740. The lowest BCUT2D eigenvalue weighted by Crippen LogP contribution is -2.38. The van der Waals surface area contributed by atoms with Crippen molar-refractivity contribution in [3.8, 4) is 0 Å². The third-order valence-corrected chi connectivity index (χ3v) is 4.80. The molecule has 132 valence electrons. The van der Waals surface area contributed by atoms with E-state index in [1.54, 1.807) is 11.3 Å². The zero-order chi connectivity index (χ0) is 17.5. The van der Waals surface area contributed by atoms with Crippen LogP contribution in [0.2, 0.25) is 0 Å². The fourth-order valence-corrected chi connectivity index (χ4v) is 3.28. The smallest absolute Gasteiger partial charge is 0.191 e. The summed E-state index contributed by atoms with van der Waals surface area (Å²) in [5.41, 5.74) is 4.78. The summed E-state index contributed by atoms with van der Waals surface area (Å²) in [6.07, 6.45) is 1.82. The minimum Gasteiger partial charge on any atom is -0.357 e. The molecule has 0 aromatic carbocycles. The summed E-state index contributed by atoms with van der Waals surface area (Å²) in [6, 6.07) is 0. The van der Waals surface area contributed by atoms with Gasteiger partial charge in [-0.1, -0.05) is 0 Å². The van der Waals surface area contributed by atoms with E-state index >= 15 is 0 Å². The summed E-state index contributed by atoms with van der Waals surface area (Å²) in [4.78, 5) is 9.11. The monoisotopic (exact) mass is 348 g/mol. The molecule has 0 saturated heterocycles. The lowest BCUT2D eigenvalue weighted by molar-refractivity contribution is 0.729. The summed E-state index contributed by atoms with van der Waals surface area (Å²) in [7, 11) is 1.99. The number of thiazole rings is 1. The van der Waals surface area contributed by atoms with Crippen LogP contribution in [0.15, 0.2) is 10.4 Å². The van der Waals surface area contributed by atoms with E-state index in [1.807, 2.05) is 18.7 Å². The van der Waals surface area contributed by atoms with Crippen molar-refractivity contribution in [2.45, 2.75) is 40.5 Å². The molecule has 2 aromatic heterocycles. The zero-order valence-electron chi connectivity index (χ0n) is 15.3. The third kappa shape index (κ3) is 5.06. The van der Waals surface area contributed by atoms with E-state index < -0.39 is 0 Å². The van der Waals surface area contributed by atoms with Crippen molar-refractivity contribution in [3.63, 3.8) is 0 Å². The van der Waals surface area contributed by atoms with E-state index in [4.69, 9.17) is 0 Å². The van der Waals surface area contributed by atoms with Gasteiger partial charge in [0.05, 0.1) is 16.4 Å². The molecule has 0 spiro atoms. The quantitative estimate of drug-likeness (QED) is 0.594. The van der Waals surface area contributed by atoms with Crippen LogP contribution in [-0.2, 0) is 19.9 Å². The van der Waals surface area contributed by atoms with Crippen LogP contribution in [0.25, 0.3) is 0 Å². The molecule has 6 nitrogen and oxygen atoms in total. The van der Waals surface area contributed by atoms with Crippen LogP contribution in [0.3, 0.4) is 0 Å². The average Bonchev–Trinajstić information content (AvgIpc) is 3.05. The average molecular weight is 349 g/mol. The Labute approximate surface area is 148 Å². The van der Waals surface area contributed by atoms with E-state index in [9.17, 15) is 0 Å². The number of nitrogens with zero attached hydrogens (tertiary/aromatic N) is 4. The van der Waals surface area contributed by atoms with Gasteiger partial charge < -0.3 is 10.6 Å². The van der Waals surface area contributed by atoms with Gasteiger partial charge in [-0.05, 0) is 39.7 Å². The van der Waals surface area contributed by atoms with Gasteiger partial charge in [-0.2, -0.15) is 5.10 Å². The zero-order valence-corrected chi connectivity index (χ0v) is 16.1. The van der Waals surface area contributed by atoms with Gasteiger partial charge in [0.25, 0.3) is 0 Å². The van der Waals surface area contributed by atoms with Crippen molar-refractivity contribution >= 4 is 17.3 Å². The van der Waals surface area contributed by atoms with E-state index in [-0.39, 0.29) is 0 Å². The number of aryl methyl sites for hydroxylation is 3. The van der Waals surface area contributed by atoms with Gasteiger partial charge in [-0.15, -0.1) is 11.3 Å². The molecule has 0 aliphatic heterocycles. The molecule has 0 atom stereocenters. The molecule has 0 bridgehead atoms. The van der Waals surface area contributed by atoms with Crippen molar-refractivity contribution in [3.05, 3.63) is 33.0 Å². The van der Waals surface area contributed by atoms with Crippen molar-refractivity contribution in [1.29, 1.82) is 0 Å². The summed E-state index contributed by atoms with van der Waals surface area (Å²) in [6.45, 7) is 10.7. The predicted molar refractivity (Wildman–Crippen MR) is 101 cm³/mol. The SMILES string of the molecule is CCNC(=NCCc1csc(C)n1)NCCc1c(C)nn(C)c1C. The second-order valence-corrected chi connectivity index (χ2v) is 6.88. The van der Waals surface area contributed by atoms with Crippen molar-refractivity contribution in [1.82, 2.24) is 25.4 Å². The Kier molecular flexibility index (Phi) is 6.78. The topological polar surface area (TPSA) is 67.1 Å². The highest BCUT2D eigenvalue weighted by Crippen LogP contribution is 2.11. The second kappa shape index (κ2) is 8.82. The Bertz CT molecular complexity index is 685. The molecule has 7 heteroatoms.